The lowest BCUT2D eigenvalue weighted by Crippen LogP contribution is -2.38. The van der Waals surface area contributed by atoms with Gasteiger partial charge in [-0.05, 0) is 40.0 Å². The molecule has 0 aromatic rings. The largest absolute Gasteiger partial charge is 0.385 e. The Labute approximate surface area is 103 Å². The third kappa shape index (κ3) is 4.48. The number of rotatable bonds is 2. The first kappa shape index (κ1) is 13.6. The Bertz CT molecular complexity index is 341. The molecule has 1 fully saturated rings. The average Bonchev–Trinajstić information content (AvgIpc) is 2.29. The summed E-state index contributed by atoms with van der Waals surface area (Å²) in [6.45, 7) is 7.51. The van der Waals surface area contributed by atoms with Crippen molar-refractivity contribution in [2.24, 2.45) is 0 Å². The van der Waals surface area contributed by atoms with Crippen LogP contribution in [0.1, 0.15) is 40.0 Å². The molecule has 4 nitrogen and oxygen atoms in total. The van der Waals surface area contributed by atoms with Crippen LogP contribution < -0.4 is 5.32 Å². The fourth-order valence-electron chi connectivity index (χ4n) is 1.70. The molecule has 1 amide bonds. The van der Waals surface area contributed by atoms with E-state index >= 15 is 0 Å². The zero-order valence-electron chi connectivity index (χ0n) is 10.9. The number of piperidine rings is 1. The number of hydrogen-bond donors (Lipinski definition) is 1. The Kier molecular flexibility index (Phi) is 4.56. The summed E-state index contributed by atoms with van der Waals surface area (Å²) in [6, 6.07) is 1.98. The van der Waals surface area contributed by atoms with E-state index < -0.39 is 0 Å². The molecule has 0 aromatic heterocycles. The highest BCUT2D eigenvalue weighted by Gasteiger charge is 2.20. The monoisotopic (exact) mass is 235 g/mol. The van der Waals surface area contributed by atoms with E-state index in [4.69, 9.17) is 5.26 Å². The summed E-state index contributed by atoms with van der Waals surface area (Å²) in [5.74, 6) is -0.149. The minimum atomic E-state index is -0.149. The van der Waals surface area contributed by atoms with E-state index in [0.29, 0.717) is 0 Å². The molecule has 1 rings (SSSR count). The number of carbonyl (C=O) groups excluding carboxylic acids is 1. The van der Waals surface area contributed by atoms with Gasteiger partial charge in [-0.25, -0.2) is 0 Å². The van der Waals surface area contributed by atoms with Crippen molar-refractivity contribution in [2.75, 3.05) is 13.1 Å². The molecule has 0 spiro atoms. The van der Waals surface area contributed by atoms with Gasteiger partial charge in [0, 0.05) is 24.8 Å². The van der Waals surface area contributed by atoms with Crippen LogP contribution in [-0.4, -0.2) is 29.4 Å². The van der Waals surface area contributed by atoms with E-state index in [0.717, 1.165) is 25.9 Å². The molecular weight excluding hydrogens is 214 g/mol. The summed E-state index contributed by atoms with van der Waals surface area (Å²) in [6.07, 6.45) is 4.79. The zero-order chi connectivity index (χ0) is 12.9. The minimum absolute atomic E-state index is 0.135. The van der Waals surface area contributed by atoms with Crippen molar-refractivity contribution in [3.8, 4) is 6.07 Å². The minimum Gasteiger partial charge on any atom is -0.385 e. The van der Waals surface area contributed by atoms with Crippen LogP contribution in [0.15, 0.2) is 11.8 Å². The van der Waals surface area contributed by atoms with Gasteiger partial charge in [0.05, 0.1) is 0 Å². The predicted octanol–water partition coefficient (Wildman–Crippen LogP) is 1.79. The standard InChI is InChI=1S/C13H21N3O/c1-13(2,3)15-10-11(9-14)12(17)16-7-5-4-6-8-16/h10,15H,4-8H2,1-3H3/b11-10-. The second-order valence-corrected chi connectivity index (χ2v) is 5.42. The second kappa shape index (κ2) is 5.72. The summed E-state index contributed by atoms with van der Waals surface area (Å²) in [7, 11) is 0. The van der Waals surface area contributed by atoms with Crippen molar-refractivity contribution in [3.63, 3.8) is 0 Å². The lowest BCUT2D eigenvalue weighted by atomic mass is 10.1. The molecule has 4 heteroatoms. The highest BCUT2D eigenvalue weighted by Crippen LogP contribution is 2.12. The lowest BCUT2D eigenvalue weighted by molar-refractivity contribution is -0.127. The molecule has 1 N–H and O–H groups in total. The highest BCUT2D eigenvalue weighted by molar-refractivity contribution is 5.97. The van der Waals surface area contributed by atoms with Gasteiger partial charge in [-0.15, -0.1) is 0 Å². The molecule has 0 aromatic carbocycles. The Hall–Kier alpha value is -1.50. The van der Waals surface area contributed by atoms with Crippen LogP contribution in [0.3, 0.4) is 0 Å². The normalized spacial score (nSPS) is 17.5. The van der Waals surface area contributed by atoms with Gasteiger partial charge in [-0.1, -0.05) is 0 Å². The molecule has 0 saturated carbocycles. The van der Waals surface area contributed by atoms with Crippen LogP contribution in [0.25, 0.3) is 0 Å². The van der Waals surface area contributed by atoms with Gasteiger partial charge in [0.2, 0.25) is 0 Å². The van der Waals surface area contributed by atoms with E-state index in [1.165, 1.54) is 12.6 Å². The van der Waals surface area contributed by atoms with E-state index in [2.05, 4.69) is 5.32 Å². The highest BCUT2D eigenvalue weighted by atomic mass is 16.2. The first-order valence-corrected chi connectivity index (χ1v) is 6.11. The Morgan fingerprint density at radius 1 is 1.29 bits per heavy atom. The van der Waals surface area contributed by atoms with Crippen LogP contribution in [0.5, 0.6) is 0 Å². The second-order valence-electron chi connectivity index (χ2n) is 5.42. The maximum atomic E-state index is 12.0. The van der Waals surface area contributed by atoms with Crippen LogP contribution in [-0.2, 0) is 4.79 Å². The van der Waals surface area contributed by atoms with Gasteiger partial charge >= 0.3 is 0 Å². The zero-order valence-corrected chi connectivity index (χ0v) is 10.9. The molecular formula is C13H21N3O. The third-order valence-corrected chi connectivity index (χ3v) is 2.64. The van der Waals surface area contributed by atoms with Crippen LogP contribution in [0, 0.1) is 11.3 Å². The summed E-state index contributed by atoms with van der Waals surface area (Å²) < 4.78 is 0. The Morgan fingerprint density at radius 2 is 1.88 bits per heavy atom. The molecule has 1 heterocycles. The lowest BCUT2D eigenvalue weighted by Gasteiger charge is -2.26. The quantitative estimate of drug-likeness (QED) is 0.586. The predicted molar refractivity (Wildman–Crippen MR) is 67.0 cm³/mol. The Morgan fingerprint density at radius 3 is 2.35 bits per heavy atom. The number of likely N-dealkylation sites (tertiary alicyclic amines) is 1. The van der Waals surface area contributed by atoms with Gasteiger partial charge in [0.15, 0.2) is 0 Å². The van der Waals surface area contributed by atoms with Gasteiger partial charge in [0.25, 0.3) is 5.91 Å². The van der Waals surface area contributed by atoms with Crippen molar-refractivity contribution >= 4 is 5.91 Å². The molecule has 0 unspecified atom stereocenters. The molecule has 94 valence electrons. The topological polar surface area (TPSA) is 56.1 Å². The molecule has 0 radical (unpaired) electrons. The summed E-state index contributed by atoms with van der Waals surface area (Å²) >= 11 is 0. The number of nitrogens with one attached hydrogen (secondary N) is 1. The maximum Gasteiger partial charge on any atom is 0.265 e. The van der Waals surface area contributed by atoms with E-state index in [9.17, 15) is 4.79 Å². The summed E-state index contributed by atoms with van der Waals surface area (Å²) in [4.78, 5) is 13.8. The molecule has 0 bridgehead atoms. The van der Waals surface area contributed by atoms with Crippen molar-refractivity contribution < 1.29 is 4.79 Å². The average molecular weight is 235 g/mol. The Balaban J connectivity index is 2.67. The van der Waals surface area contributed by atoms with E-state index in [1.807, 2.05) is 26.8 Å². The summed E-state index contributed by atoms with van der Waals surface area (Å²) in [5.41, 5.74) is 0.0615. The summed E-state index contributed by atoms with van der Waals surface area (Å²) in [5, 5.41) is 12.1. The molecule has 0 atom stereocenters. The van der Waals surface area contributed by atoms with Crippen LogP contribution >= 0.6 is 0 Å². The smallest absolute Gasteiger partial charge is 0.265 e. The van der Waals surface area contributed by atoms with Crippen LogP contribution in [0.4, 0.5) is 0 Å². The maximum absolute atomic E-state index is 12.0. The number of hydrogen-bond acceptors (Lipinski definition) is 3. The number of nitrogens with zero attached hydrogens (tertiary/aromatic N) is 2. The molecule has 17 heavy (non-hydrogen) atoms. The number of nitriles is 1. The van der Waals surface area contributed by atoms with Crippen molar-refractivity contribution in [3.05, 3.63) is 11.8 Å². The molecule has 1 aliphatic heterocycles. The van der Waals surface area contributed by atoms with Crippen molar-refractivity contribution in [1.82, 2.24) is 10.2 Å². The van der Waals surface area contributed by atoms with Gasteiger partial charge in [0.1, 0.15) is 11.6 Å². The first-order valence-electron chi connectivity index (χ1n) is 6.11. The number of carbonyl (C=O) groups is 1. The fraction of sp³-hybridized carbons (Fsp3) is 0.692. The van der Waals surface area contributed by atoms with Gasteiger partial charge < -0.3 is 10.2 Å². The fourth-order valence-corrected chi connectivity index (χ4v) is 1.70. The number of amides is 1. The molecule has 1 aliphatic rings. The van der Waals surface area contributed by atoms with E-state index in [-0.39, 0.29) is 17.0 Å². The third-order valence-electron chi connectivity index (χ3n) is 2.64. The SMILES string of the molecule is CC(C)(C)N/C=C(/C#N)C(=O)N1CCCCC1. The van der Waals surface area contributed by atoms with Crippen LogP contribution in [0.2, 0.25) is 0 Å². The van der Waals surface area contributed by atoms with Gasteiger partial charge in [-0.3, -0.25) is 4.79 Å². The van der Waals surface area contributed by atoms with E-state index in [1.54, 1.807) is 4.90 Å². The van der Waals surface area contributed by atoms with Crippen molar-refractivity contribution in [2.45, 2.75) is 45.6 Å². The van der Waals surface area contributed by atoms with Crippen molar-refractivity contribution in [1.29, 1.82) is 5.26 Å². The van der Waals surface area contributed by atoms with Gasteiger partial charge in [-0.2, -0.15) is 5.26 Å². The first-order chi connectivity index (χ1) is 7.94. The molecule has 1 saturated heterocycles. The molecule has 0 aliphatic carbocycles.